The van der Waals surface area contributed by atoms with E-state index >= 15 is 0 Å². The maximum absolute atomic E-state index is 10.8. The summed E-state index contributed by atoms with van der Waals surface area (Å²) in [5.74, 6) is -0.993. The number of hydrogen-bond donors (Lipinski definition) is 2. The lowest BCUT2D eigenvalue weighted by Crippen LogP contribution is -1.95. The molecule has 5 heteroatoms. The Morgan fingerprint density at radius 1 is 1.35 bits per heavy atom. The minimum Gasteiger partial charge on any atom is -0.476 e. The first-order valence-corrected chi connectivity index (χ1v) is 5.89. The van der Waals surface area contributed by atoms with Crippen LogP contribution in [0.1, 0.15) is 10.5 Å². The number of thiazole rings is 1. The summed E-state index contributed by atoms with van der Waals surface area (Å²) in [5, 5.41) is 12.2. The second-order valence-electron chi connectivity index (χ2n) is 3.59. The van der Waals surface area contributed by atoms with Crippen LogP contribution < -0.4 is 0 Å². The third-order valence-corrected chi connectivity index (χ3v) is 3.42. The molecule has 0 unspecified atom stereocenters. The highest BCUT2D eigenvalue weighted by atomic mass is 32.1. The van der Waals surface area contributed by atoms with Crippen molar-refractivity contribution in [2.75, 3.05) is 0 Å². The van der Waals surface area contributed by atoms with Gasteiger partial charge in [0.25, 0.3) is 0 Å². The van der Waals surface area contributed by atoms with Gasteiger partial charge in [0.15, 0.2) is 5.69 Å². The van der Waals surface area contributed by atoms with Crippen LogP contribution in [0, 0.1) is 0 Å². The zero-order valence-electron chi connectivity index (χ0n) is 8.68. The molecule has 0 atom stereocenters. The molecule has 0 aliphatic heterocycles. The lowest BCUT2D eigenvalue weighted by atomic mass is 10.2. The summed E-state index contributed by atoms with van der Waals surface area (Å²) in [6.07, 6.45) is 1.86. The van der Waals surface area contributed by atoms with Gasteiger partial charge in [-0.25, -0.2) is 9.78 Å². The van der Waals surface area contributed by atoms with Crippen molar-refractivity contribution in [1.29, 1.82) is 0 Å². The topological polar surface area (TPSA) is 66.0 Å². The first kappa shape index (κ1) is 10.0. The highest BCUT2D eigenvalue weighted by Gasteiger charge is 2.12. The van der Waals surface area contributed by atoms with Crippen molar-refractivity contribution in [2.45, 2.75) is 0 Å². The third-order valence-electron chi connectivity index (χ3n) is 2.54. The van der Waals surface area contributed by atoms with Gasteiger partial charge >= 0.3 is 5.97 Å². The Hall–Kier alpha value is -2.14. The van der Waals surface area contributed by atoms with Gasteiger partial charge in [-0.15, -0.1) is 11.3 Å². The number of benzene rings is 1. The second kappa shape index (κ2) is 3.71. The minimum atomic E-state index is -0.993. The summed E-state index contributed by atoms with van der Waals surface area (Å²) in [7, 11) is 0. The van der Waals surface area contributed by atoms with E-state index in [1.54, 1.807) is 5.38 Å². The molecule has 1 aromatic carbocycles. The van der Waals surface area contributed by atoms with Gasteiger partial charge < -0.3 is 10.1 Å². The van der Waals surface area contributed by atoms with Gasteiger partial charge in [-0.3, -0.25) is 0 Å². The summed E-state index contributed by atoms with van der Waals surface area (Å²) >= 11 is 1.34. The summed E-state index contributed by atoms with van der Waals surface area (Å²) in [6, 6.07) is 7.87. The molecule has 17 heavy (non-hydrogen) atoms. The number of H-pyrrole nitrogens is 1. The van der Waals surface area contributed by atoms with E-state index in [9.17, 15) is 4.79 Å². The first-order valence-electron chi connectivity index (χ1n) is 5.01. The van der Waals surface area contributed by atoms with Crippen LogP contribution in [0.5, 0.6) is 0 Å². The molecule has 3 aromatic rings. The van der Waals surface area contributed by atoms with E-state index in [4.69, 9.17) is 5.11 Å². The monoisotopic (exact) mass is 244 g/mol. The smallest absolute Gasteiger partial charge is 0.355 e. The number of fused-ring (bicyclic) bond motifs is 1. The van der Waals surface area contributed by atoms with Crippen molar-refractivity contribution >= 4 is 28.2 Å². The van der Waals surface area contributed by atoms with Crippen LogP contribution in [0.4, 0.5) is 0 Å². The van der Waals surface area contributed by atoms with Crippen LogP contribution in [0.3, 0.4) is 0 Å². The van der Waals surface area contributed by atoms with E-state index in [1.807, 2.05) is 30.5 Å². The minimum absolute atomic E-state index is 0.0929. The molecule has 0 aliphatic carbocycles. The highest BCUT2D eigenvalue weighted by Crippen LogP contribution is 2.30. The summed E-state index contributed by atoms with van der Waals surface area (Å²) < 4.78 is 0. The Balaban J connectivity index is 2.17. The quantitative estimate of drug-likeness (QED) is 0.728. The normalized spacial score (nSPS) is 10.8. The summed E-state index contributed by atoms with van der Waals surface area (Å²) in [4.78, 5) is 18.0. The Morgan fingerprint density at radius 3 is 2.94 bits per heavy atom. The summed E-state index contributed by atoms with van der Waals surface area (Å²) in [5.41, 5.74) is 2.06. The number of carboxylic acid groups (broad SMARTS) is 1. The van der Waals surface area contributed by atoms with Crippen molar-refractivity contribution in [1.82, 2.24) is 9.97 Å². The predicted molar refractivity (Wildman–Crippen MR) is 66.4 cm³/mol. The first-order chi connectivity index (χ1) is 8.25. The zero-order valence-corrected chi connectivity index (χ0v) is 9.49. The van der Waals surface area contributed by atoms with Crippen LogP contribution >= 0.6 is 11.3 Å². The largest absolute Gasteiger partial charge is 0.476 e. The maximum Gasteiger partial charge on any atom is 0.355 e. The van der Waals surface area contributed by atoms with Crippen LogP contribution in [0.25, 0.3) is 21.5 Å². The second-order valence-corrected chi connectivity index (χ2v) is 4.45. The molecular weight excluding hydrogens is 236 g/mol. The molecule has 0 saturated heterocycles. The molecule has 0 spiro atoms. The fourth-order valence-electron chi connectivity index (χ4n) is 1.74. The molecule has 0 radical (unpaired) electrons. The van der Waals surface area contributed by atoms with Gasteiger partial charge in [-0.1, -0.05) is 18.2 Å². The number of carboxylic acids is 1. The summed E-state index contributed by atoms with van der Waals surface area (Å²) in [6.45, 7) is 0. The van der Waals surface area contributed by atoms with Gasteiger partial charge in [0.05, 0.1) is 0 Å². The van der Waals surface area contributed by atoms with Gasteiger partial charge in [0.2, 0.25) is 0 Å². The zero-order chi connectivity index (χ0) is 11.8. The molecule has 4 nitrogen and oxygen atoms in total. The highest BCUT2D eigenvalue weighted by molar-refractivity contribution is 7.13. The average molecular weight is 244 g/mol. The van der Waals surface area contributed by atoms with Crippen molar-refractivity contribution in [2.24, 2.45) is 0 Å². The molecule has 2 heterocycles. The van der Waals surface area contributed by atoms with Gasteiger partial charge in [0, 0.05) is 28.0 Å². The van der Waals surface area contributed by atoms with Crippen molar-refractivity contribution in [3.05, 3.63) is 41.5 Å². The number of nitrogens with zero attached hydrogens (tertiary/aromatic N) is 1. The number of aromatic nitrogens is 2. The predicted octanol–water partition coefficient (Wildman–Crippen LogP) is 2.99. The standard InChI is InChI=1S/C12H8N2O2S/c15-12(16)10-6-17-11(14-10)8-5-13-9-4-2-1-3-7(8)9/h1-6,13H,(H,15,16). The number of rotatable bonds is 2. The molecule has 2 N–H and O–H groups in total. The molecule has 2 aromatic heterocycles. The van der Waals surface area contributed by atoms with Crippen molar-refractivity contribution in [3.63, 3.8) is 0 Å². The molecule has 0 saturated carbocycles. The number of carbonyl (C=O) groups is 1. The van der Waals surface area contributed by atoms with E-state index in [2.05, 4.69) is 9.97 Å². The SMILES string of the molecule is O=C(O)c1csc(-c2c[nH]c3ccccc23)n1. The van der Waals surface area contributed by atoms with Gasteiger partial charge in [0.1, 0.15) is 5.01 Å². The van der Waals surface area contributed by atoms with Gasteiger partial charge in [-0.2, -0.15) is 0 Å². The lowest BCUT2D eigenvalue weighted by molar-refractivity contribution is 0.0691. The molecule has 0 fully saturated rings. The molecule has 0 aliphatic rings. The van der Waals surface area contributed by atoms with Crippen molar-refractivity contribution in [3.8, 4) is 10.6 Å². The number of aromatic carboxylic acids is 1. The maximum atomic E-state index is 10.8. The molecule has 84 valence electrons. The number of para-hydroxylation sites is 1. The van der Waals surface area contributed by atoms with Crippen LogP contribution in [0.2, 0.25) is 0 Å². The van der Waals surface area contributed by atoms with E-state index < -0.39 is 5.97 Å². The van der Waals surface area contributed by atoms with Crippen LogP contribution in [-0.4, -0.2) is 21.0 Å². The van der Waals surface area contributed by atoms with E-state index in [0.717, 1.165) is 21.5 Å². The average Bonchev–Trinajstić information content (AvgIpc) is 2.95. The molecule has 0 bridgehead atoms. The molecule has 3 rings (SSSR count). The Morgan fingerprint density at radius 2 is 2.18 bits per heavy atom. The van der Waals surface area contributed by atoms with Crippen molar-refractivity contribution < 1.29 is 9.90 Å². The fraction of sp³-hybridized carbons (Fsp3) is 0. The third kappa shape index (κ3) is 1.60. The van der Waals surface area contributed by atoms with E-state index in [1.165, 1.54) is 11.3 Å². The number of nitrogens with one attached hydrogen (secondary N) is 1. The number of hydrogen-bond acceptors (Lipinski definition) is 3. The Kier molecular flexibility index (Phi) is 2.19. The Bertz CT molecular complexity index is 699. The molecule has 0 amide bonds. The fourth-order valence-corrected chi connectivity index (χ4v) is 2.57. The number of aromatic amines is 1. The van der Waals surface area contributed by atoms with E-state index in [0.29, 0.717) is 0 Å². The van der Waals surface area contributed by atoms with E-state index in [-0.39, 0.29) is 5.69 Å². The lowest BCUT2D eigenvalue weighted by Gasteiger charge is -1.92. The van der Waals surface area contributed by atoms with Gasteiger partial charge in [-0.05, 0) is 6.07 Å². The molecular formula is C12H8N2O2S. The van der Waals surface area contributed by atoms with Crippen LogP contribution in [-0.2, 0) is 0 Å². The van der Waals surface area contributed by atoms with Crippen LogP contribution in [0.15, 0.2) is 35.8 Å². The Labute approximate surface area is 101 Å².